The first kappa shape index (κ1) is 11.2. The molecule has 0 fully saturated rings. The van der Waals surface area contributed by atoms with Crippen LogP contribution >= 0.6 is 11.3 Å². The molecule has 14 heavy (non-hydrogen) atoms. The number of thiophene rings is 1. The summed E-state index contributed by atoms with van der Waals surface area (Å²) in [6.07, 6.45) is 0.239. The van der Waals surface area contributed by atoms with Gasteiger partial charge in [0.05, 0.1) is 0 Å². The Kier molecular flexibility index (Phi) is 4.58. The van der Waals surface area contributed by atoms with Gasteiger partial charge < -0.3 is 15.6 Å². The molecule has 0 aliphatic carbocycles. The number of hydrogen-bond donors (Lipinski definition) is 2. The molecule has 0 bridgehead atoms. The molecule has 0 aromatic carbocycles. The molecule has 0 aliphatic rings. The molecule has 1 heterocycles. The Morgan fingerprint density at radius 3 is 3.07 bits per heavy atom. The summed E-state index contributed by atoms with van der Waals surface area (Å²) in [6.45, 7) is 0.158. The molecule has 78 valence electrons. The van der Waals surface area contributed by atoms with Gasteiger partial charge in [-0.25, -0.2) is 0 Å². The minimum absolute atomic E-state index is 0.102. The first-order chi connectivity index (χ1) is 6.74. The lowest BCUT2D eigenvalue weighted by atomic mass is 10.2. The van der Waals surface area contributed by atoms with Crippen LogP contribution in [0.5, 0.6) is 0 Å². The van der Waals surface area contributed by atoms with Gasteiger partial charge in [0.15, 0.2) is 0 Å². The van der Waals surface area contributed by atoms with Crippen molar-refractivity contribution in [3.63, 3.8) is 0 Å². The van der Waals surface area contributed by atoms with Crippen molar-refractivity contribution in [1.82, 2.24) is 0 Å². The van der Waals surface area contributed by atoms with Crippen molar-refractivity contribution in [2.45, 2.75) is 19.1 Å². The van der Waals surface area contributed by atoms with Crippen molar-refractivity contribution in [2.75, 3.05) is 6.61 Å². The fraction of sp³-hybridized carbons (Fsp3) is 0.444. The van der Waals surface area contributed by atoms with Crippen molar-refractivity contribution >= 4 is 17.3 Å². The third-order valence-corrected chi connectivity index (χ3v) is 2.53. The van der Waals surface area contributed by atoms with Crippen molar-refractivity contribution in [2.24, 2.45) is 5.73 Å². The zero-order valence-corrected chi connectivity index (χ0v) is 8.50. The van der Waals surface area contributed by atoms with E-state index < -0.39 is 12.0 Å². The molecule has 1 aromatic heterocycles. The number of carbonyl (C=O) groups is 1. The molecule has 3 N–H and O–H groups in total. The summed E-state index contributed by atoms with van der Waals surface area (Å²) in [5.41, 5.74) is 5.44. The molecule has 1 unspecified atom stereocenters. The average Bonchev–Trinajstić information content (AvgIpc) is 2.67. The van der Waals surface area contributed by atoms with Crippen LogP contribution in [0.15, 0.2) is 17.5 Å². The highest BCUT2D eigenvalue weighted by atomic mass is 32.1. The van der Waals surface area contributed by atoms with Crippen LogP contribution < -0.4 is 5.73 Å². The summed E-state index contributed by atoms with van der Waals surface area (Å²) in [6, 6.07) is 3.05. The molecule has 5 heteroatoms. The predicted octanol–water partition coefficient (Wildman–Crippen LogP) is 0.501. The number of esters is 1. The molecular weight excluding hydrogens is 202 g/mol. The van der Waals surface area contributed by atoms with Crippen molar-refractivity contribution < 1.29 is 14.6 Å². The Hall–Kier alpha value is -0.910. The Balaban J connectivity index is 2.27. The number of carbonyl (C=O) groups excluding carboxylic acids is 1. The lowest BCUT2D eigenvalue weighted by Crippen LogP contribution is -2.32. The van der Waals surface area contributed by atoms with Gasteiger partial charge in [0, 0.05) is 11.5 Å². The lowest BCUT2D eigenvalue weighted by Gasteiger charge is -2.08. The molecule has 0 amide bonds. The number of rotatable bonds is 5. The molecule has 1 atom stereocenters. The van der Waals surface area contributed by atoms with Crippen molar-refractivity contribution in [1.29, 1.82) is 0 Å². The average molecular weight is 215 g/mol. The number of aliphatic hydroxyl groups is 1. The van der Waals surface area contributed by atoms with Gasteiger partial charge in [-0.1, -0.05) is 6.07 Å². The van der Waals surface area contributed by atoms with E-state index in [0.717, 1.165) is 4.88 Å². The van der Waals surface area contributed by atoms with E-state index in [1.807, 2.05) is 17.5 Å². The quantitative estimate of drug-likeness (QED) is 0.702. The van der Waals surface area contributed by atoms with Gasteiger partial charge in [0.25, 0.3) is 0 Å². The normalized spacial score (nSPS) is 12.4. The number of ether oxygens (including phenoxy) is 1. The molecule has 4 nitrogen and oxygen atoms in total. The fourth-order valence-electron chi connectivity index (χ4n) is 0.901. The summed E-state index contributed by atoms with van der Waals surface area (Å²) in [5.74, 6) is -0.465. The largest absolute Gasteiger partial charge is 0.459 e. The number of hydrogen-bond acceptors (Lipinski definition) is 5. The van der Waals surface area contributed by atoms with Gasteiger partial charge in [-0.15, -0.1) is 11.3 Å². The molecule has 1 aromatic rings. The van der Waals surface area contributed by atoms with Gasteiger partial charge in [-0.3, -0.25) is 4.79 Å². The van der Waals surface area contributed by atoms with E-state index in [2.05, 4.69) is 0 Å². The molecule has 0 aliphatic heterocycles. The maximum atomic E-state index is 11.2. The van der Waals surface area contributed by atoms with Crippen LogP contribution in [0, 0.1) is 0 Å². The minimum atomic E-state index is -0.722. The molecule has 0 radical (unpaired) electrons. The van der Waals surface area contributed by atoms with E-state index in [0.29, 0.717) is 0 Å². The minimum Gasteiger partial charge on any atom is -0.459 e. The third-order valence-electron chi connectivity index (χ3n) is 1.68. The van der Waals surface area contributed by atoms with E-state index in [1.54, 1.807) is 0 Å². The van der Waals surface area contributed by atoms with Gasteiger partial charge in [0.2, 0.25) is 0 Å². The molecular formula is C9H13NO3S. The molecule has 1 rings (SSSR count). The number of nitrogens with two attached hydrogens (primary N) is 1. The van der Waals surface area contributed by atoms with Crippen LogP contribution in [0.4, 0.5) is 0 Å². The van der Waals surface area contributed by atoms with Gasteiger partial charge in [-0.2, -0.15) is 0 Å². The van der Waals surface area contributed by atoms with Crippen molar-refractivity contribution in [3.8, 4) is 0 Å². The number of aliphatic hydroxyl groups excluding tert-OH is 1. The Labute approximate surface area is 86.3 Å². The van der Waals surface area contributed by atoms with Crippen molar-refractivity contribution in [3.05, 3.63) is 22.4 Å². The van der Waals surface area contributed by atoms with E-state index in [1.165, 1.54) is 11.3 Å². The van der Waals surface area contributed by atoms with Gasteiger partial charge >= 0.3 is 5.97 Å². The maximum Gasteiger partial charge on any atom is 0.323 e. The van der Waals surface area contributed by atoms with Gasteiger partial charge in [0.1, 0.15) is 12.6 Å². The van der Waals surface area contributed by atoms with Crippen LogP contribution in [0.2, 0.25) is 0 Å². The Morgan fingerprint density at radius 2 is 2.50 bits per heavy atom. The van der Waals surface area contributed by atoms with Crippen LogP contribution in [0.25, 0.3) is 0 Å². The predicted molar refractivity (Wildman–Crippen MR) is 53.8 cm³/mol. The van der Waals surface area contributed by atoms with E-state index >= 15 is 0 Å². The summed E-state index contributed by atoms with van der Waals surface area (Å²) < 4.78 is 4.94. The second-order valence-corrected chi connectivity index (χ2v) is 3.84. The van der Waals surface area contributed by atoms with Crippen LogP contribution in [0.3, 0.4) is 0 Å². The first-order valence-electron chi connectivity index (χ1n) is 4.29. The highest BCUT2D eigenvalue weighted by molar-refractivity contribution is 7.09. The topological polar surface area (TPSA) is 72.5 Å². The summed E-state index contributed by atoms with van der Waals surface area (Å²) in [7, 11) is 0. The fourth-order valence-corrected chi connectivity index (χ4v) is 1.52. The standard InChI is InChI=1S/C9H13NO3S/c10-8(3-4-11)9(12)13-6-7-2-1-5-14-7/h1-2,5,8,11H,3-4,6,10H2. The Morgan fingerprint density at radius 1 is 1.71 bits per heavy atom. The van der Waals surface area contributed by atoms with E-state index in [4.69, 9.17) is 15.6 Å². The first-order valence-corrected chi connectivity index (χ1v) is 5.17. The van der Waals surface area contributed by atoms with Crippen LogP contribution in [-0.2, 0) is 16.1 Å². The molecule has 0 spiro atoms. The van der Waals surface area contributed by atoms with Gasteiger partial charge in [-0.05, 0) is 17.9 Å². The zero-order valence-electron chi connectivity index (χ0n) is 7.68. The second kappa shape index (κ2) is 5.74. The smallest absolute Gasteiger partial charge is 0.323 e. The molecule has 0 saturated heterocycles. The highest BCUT2D eigenvalue weighted by Crippen LogP contribution is 2.10. The monoisotopic (exact) mass is 215 g/mol. The van der Waals surface area contributed by atoms with Crippen LogP contribution in [0.1, 0.15) is 11.3 Å². The van der Waals surface area contributed by atoms with E-state index in [-0.39, 0.29) is 19.6 Å². The van der Waals surface area contributed by atoms with E-state index in [9.17, 15) is 4.79 Å². The lowest BCUT2D eigenvalue weighted by molar-refractivity contribution is -0.146. The summed E-state index contributed by atoms with van der Waals surface area (Å²) >= 11 is 1.52. The third kappa shape index (κ3) is 3.45. The SMILES string of the molecule is NC(CCO)C(=O)OCc1cccs1. The summed E-state index contributed by atoms with van der Waals surface area (Å²) in [5, 5.41) is 10.5. The molecule has 0 saturated carbocycles. The van der Waals surface area contributed by atoms with Crippen LogP contribution in [-0.4, -0.2) is 23.7 Å². The Bertz CT molecular complexity index is 274. The summed E-state index contributed by atoms with van der Waals surface area (Å²) in [4.78, 5) is 12.2. The second-order valence-electron chi connectivity index (χ2n) is 2.81. The maximum absolute atomic E-state index is 11.2. The highest BCUT2D eigenvalue weighted by Gasteiger charge is 2.14. The zero-order chi connectivity index (χ0) is 10.4.